The van der Waals surface area contributed by atoms with E-state index < -0.39 is 17.3 Å². The smallest absolute Gasteiger partial charge is 0.268 e. The highest BCUT2D eigenvalue weighted by molar-refractivity contribution is 9.10. The third-order valence-electron chi connectivity index (χ3n) is 1.64. The molecule has 0 aliphatic rings. The first-order valence-electron chi connectivity index (χ1n) is 4.73. The maximum atomic E-state index is 13.4. The maximum Gasteiger partial charge on any atom is 0.278 e. The van der Waals surface area contributed by atoms with Crippen LogP contribution in [0.3, 0.4) is 0 Å². The molecule has 0 saturated carbocycles. The van der Waals surface area contributed by atoms with Gasteiger partial charge >= 0.3 is 0 Å². The Morgan fingerprint density at radius 1 is 1.44 bits per heavy atom. The standard InChI is InChI=1S/C11H13BrFNO2/c1-11(2,3)16-14-10(15)9-7(12)5-4-6-8(9)13/h4-6H,1-3H3,(H,14,15). The minimum Gasteiger partial charge on any atom is -0.268 e. The summed E-state index contributed by atoms with van der Waals surface area (Å²) in [5, 5.41) is 0. The van der Waals surface area contributed by atoms with Crippen molar-refractivity contribution < 1.29 is 14.0 Å². The highest BCUT2D eigenvalue weighted by atomic mass is 79.9. The second-order valence-corrected chi connectivity index (χ2v) is 5.10. The van der Waals surface area contributed by atoms with E-state index in [1.54, 1.807) is 26.8 Å². The number of benzene rings is 1. The van der Waals surface area contributed by atoms with E-state index in [1.807, 2.05) is 0 Å². The maximum absolute atomic E-state index is 13.4. The fourth-order valence-electron chi connectivity index (χ4n) is 0.965. The van der Waals surface area contributed by atoms with Crippen molar-refractivity contribution in [2.75, 3.05) is 0 Å². The SMILES string of the molecule is CC(C)(C)ONC(=O)c1c(F)cccc1Br. The summed E-state index contributed by atoms with van der Waals surface area (Å²) in [5.41, 5.74) is 1.63. The van der Waals surface area contributed by atoms with Crippen LogP contribution in [0.5, 0.6) is 0 Å². The van der Waals surface area contributed by atoms with Crippen LogP contribution in [0.4, 0.5) is 4.39 Å². The van der Waals surface area contributed by atoms with Crippen molar-refractivity contribution in [1.29, 1.82) is 0 Å². The molecule has 0 fully saturated rings. The average molecular weight is 290 g/mol. The summed E-state index contributed by atoms with van der Waals surface area (Å²) in [4.78, 5) is 16.7. The van der Waals surface area contributed by atoms with Crippen molar-refractivity contribution in [2.24, 2.45) is 0 Å². The Balaban J connectivity index is 2.81. The van der Waals surface area contributed by atoms with Crippen molar-refractivity contribution in [3.05, 3.63) is 34.1 Å². The quantitative estimate of drug-likeness (QED) is 0.850. The van der Waals surface area contributed by atoms with Gasteiger partial charge in [-0.25, -0.2) is 9.87 Å². The van der Waals surface area contributed by atoms with E-state index in [0.717, 1.165) is 0 Å². The Bertz CT molecular complexity index is 381. The van der Waals surface area contributed by atoms with Gasteiger partial charge in [-0.3, -0.25) is 9.63 Å². The predicted octanol–water partition coefficient (Wildman–Crippen LogP) is 3.05. The summed E-state index contributed by atoms with van der Waals surface area (Å²) in [7, 11) is 0. The Kier molecular flexibility index (Phi) is 4.04. The van der Waals surface area contributed by atoms with Crippen LogP contribution in [0.1, 0.15) is 31.1 Å². The second-order valence-electron chi connectivity index (χ2n) is 4.24. The highest BCUT2D eigenvalue weighted by Gasteiger charge is 2.18. The average Bonchev–Trinajstić information content (AvgIpc) is 2.13. The number of carbonyl (C=O) groups excluding carboxylic acids is 1. The number of hydrogen-bond acceptors (Lipinski definition) is 2. The zero-order valence-electron chi connectivity index (χ0n) is 9.30. The highest BCUT2D eigenvalue weighted by Crippen LogP contribution is 2.19. The van der Waals surface area contributed by atoms with Crippen LogP contribution in [-0.2, 0) is 4.84 Å². The number of hydrogen-bond donors (Lipinski definition) is 1. The number of rotatable bonds is 2. The molecule has 1 rings (SSSR count). The molecule has 1 aromatic rings. The lowest BCUT2D eigenvalue weighted by atomic mass is 10.2. The normalized spacial score (nSPS) is 11.3. The van der Waals surface area contributed by atoms with Gasteiger partial charge in [0, 0.05) is 4.47 Å². The molecule has 0 radical (unpaired) electrons. The first kappa shape index (κ1) is 13.1. The second kappa shape index (κ2) is 4.93. The van der Waals surface area contributed by atoms with Crippen molar-refractivity contribution >= 4 is 21.8 Å². The van der Waals surface area contributed by atoms with Gasteiger partial charge in [0.2, 0.25) is 0 Å². The van der Waals surface area contributed by atoms with Gasteiger partial charge in [-0.2, -0.15) is 0 Å². The molecule has 1 N–H and O–H groups in total. The molecule has 5 heteroatoms. The molecular formula is C11H13BrFNO2. The molecule has 0 spiro atoms. The van der Waals surface area contributed by atoms with Crippen LogP contribution in [0.25, 0.3) is 0 Å². The van der Waals surface area contributed by atoms with E-state index in [4.69, 9.17) is 4.84 Å². The molecule has 0 bridgehead atoms. The van der Waals surface area contributed by atoms with E-state index in [1.165, 1.54) is 12.1 Å². The zero-order valence-corrected chi connectivity index (χ0v) is 10.9. The van der Waals surface area contributed by atoms with E-state index in [-0.39, 0.29) is 5.56 Å². The number of amides is 1. The molecule has 1 amide bonds. The van der Waals surface area contributed by atoms with Crippen molar-refractivity contribution in [3.63, 3.8) is 0 Å². The van der Waals surface area contributed by atoms with Gasteiger partial charge in [-0.1, -0.05) is 6.07 Å². The first-order valence-corrected chi connectivity index (χ1v) is 5.53. The summed E-state index contributed by atoms with van der Waals surface area (Å²) in [6.07, 6.45) is 0. The molecule has 3 nitrogen and oxygen atoms in total. The Morgan fingerprint density at radius 2 is 2.06 bits per heavy atom. The summed E-state index contributed by atoms with van der Waals surface area (Å²) in [5.74, 6) is -1.20. The molecule has 0 aliphatic heterocycles. The molecule has 0 aromatic heterocycles. The third kappa shape index (κ3) is 3.57. The molecule has 88 valence electrons. The van der Waals surface area contributed by atoms with Gasteiger partial charge in [0.25, 0.3) is 5.91 Å². The monoisotopic (exact) mass is 289 g/mol. The molecule has 0 atom stereocenters. The van der Waals surface area contributed by atoms with Crippen molar-refractivity contribution in [1.82, 2.24) is 5.48 Å². The molecule has 0 unspecified atom stereocenters. The third-order valence-corrected chi connectivity index (χ3v) is 2.30. The lowest BCUT2D eigenvalue weighted by Gasteiger charge is -2.19. The molecule has 0 aliphatic carbocycles. The van der Waals surface area contributed by atoms with E-state index in [9.17, 15) is 9.18 Å². The minimum absolute atomic E-state index is 0.0632. The van der Waals surface area contributed by atoms with Gasteiger partial charge in [0.1, 0.15) is 5.82 Å². The Hall–Kier alpha value is -0.940. The largest absolute Gasteiger partial charge is 0.278 e. The van der Waals surface area contributed by atoms with Gasteiger partial charge in [0.15, 0.2) is 0 Å². The van der Waals surface area contributed by atoms with Crippen LogP contribution >= 0.6 is 15.9 Å². The van der Waals surface area contributed by atoms with Gasteiger partial charge < -0.3 is 0 Å². The zero-order chi connectivity index (χ0) is 12.3. The number of carbonyl (C=O) groups is 1. The summed E-state index contributed by atoms with van der Waals surface area (Å²) >= 11 is 3.11. The lowest BCUT2D eigenvalue weighted by molar-refractivity contribution is -0.0591. The topological polar surface area (TPSA) is 38.3 Å². The summed E-state index contributed by atoms with van der Waals surface area (Å²) in [6.45, 7) is 5.34. The molecule has 0 heterocycles. The van der Waals surface area contributed by atoms with E-state index in [0.29, 0.717) is 4.47 Å². The van der Waals surface area contributed by atoms with Gasteiger partial charge in [-0.05, 0) is 48.8 Å². The number of nitrogens with one attached hydrogen (secondary N) is 1. The van der Waals surface area contributed by atoms with Crippen LogP contribution < -0.4 is 5.48 Å². The number of halogens is 2. The first-order chi connectivity index (χ1) is 7.31. The van der Waals surface area contributed by atoms with Crippen molar-refractivity contribution in [2.45, 2.75) is 26.4 Å². The van der Waals surface area contributed by atoms with Crippen LogP contribution in [0, 0.1) is 5.82 Å². The van der Waals surface area contributed by atoms with E-state index >= 15 is 0 Å². The van der Waals surface area contributed by atoms with Gasteiger partial charge in [-0.15, -0.1) is 0 Å². The summed E-state index contributed by atoms with van der Waals surface area (Å²) in [6, 6.07) is 4.33. The Morgan fingerprint density at radius 3 is 2.56 bits per heavy atom. The molecular weight excluding hydrogens is 277 g/mol. The number of hydroxylamine groups is 1. The fourth-order valence-corrected chi connectivity index (χ4v) is 1.49. The van der Waals surface area contributed by atoms with Gasteiger partial charge in [0.05, 0.1) is 11.2 Å². The minimum atomic E-state index is -0.611. The Labute approximate surface area is 102 Å². The van der Waals surface area contributed by atoms with Crippen LogP contribution in [0.2, 0.25) is 0 Å². The van der Waals surface area contributed by atoms with Crippen LogP contribution in [-0.4, -0.2) is 11.5 Å². The van der Waals surface area contributed by atoms with E-state index in [2.05, 4.69) is 21.4 Å². The predicted molar refractivity (Wildman–Crippen MR) is 62.4 cm³/mol. The molecule has 1 aromatic carbocycles. The fraction of sp³-hybridized carbons (Fsp3) is 0.364. The molecule has 16 heavy (non-hydrogen) atoms. The summed E-state index contributed by atoms with van der Waals surface area (Å²) < 4.78 is 13.8. The van der Waals surface area contributed by atoms with Crippen molar-refractivity contribution in [3.8, 4) is 0 Å². The lowest BCUT2D eigenvalue weighted by Crippen LogP contribution is -2.34. The van der Waals surface area contributed by atoms with Crippen LogP contribution in [0.15, 0.2) is 22.7 Å². The molecule has 0 saturated heterocycles.